The quantitative estimate of drug-likeness (QED) is 0.596. The molecule has 0 bridgehead atoms. The van der Waals surface area contributed by atoms with Crippen LogP contribution in [0.25, 0.3) is 0 Å². The van der Waals surface area contributed by atoms with Crippen molar-refractivity contribution in [2.45, 2.75) is 18.8 Å². The molecule has 8 heteroatoms. The standard InChI is InChI=1S/C19H17NO6S/c1-12(21)14-7-9-15(10-8-14)17-16(22)18(19(20)25-17)26-27(23,24)11-13-5-3-2-4-6-13/h2-10,17H,11,20H2,1H3/t17-/m1/s1/i17D. The fraction of sp³-hybridized carbons (Fsp3) is 0.158. The highest BCUT2D eigenvalue weighted by Crippen LogP contribution is 2.32. The Morgan fingerprint density at radius 1 is 1.19 bits per heavy atom. The monoisotopic (exact) mass is 388 g/mol. The lowest BCUT2D eigenvalue weighted by Gasteiger charge is -2.10. The first kappa shape index (κ1) is 17.3. The van der Waals surface area contributed by atoms with E-state index in [-0.39, 0.29) is 11.3 Å². The number of carbonyl (C=O) groups excluding carboxylic acids is 2. The van der Waals surface area contributed by atoms with Crippen molar-refractivity contribution < 1.29 is 28.3 Å². The minimum atomic E-state index is -4.20. The number of hydrogen-bond acceptors (Lipinski definition) is 7. The Hall–Kier alpha value is -3.13. The van der Waals surface area contributed by atoms with Crippen molar-refractivity contribution in [3.8, 4) is 0 Å². The highest BCUT2D eigenvalue weighted by Gasteiger charge is 2.39. The fourth-order valence-electron chi connectivity index (χ4n) is 2.48. The zero-order chi connectivity index (χ0) is 20.5. The number of ether oxygens (including phenoxy) is 1. The zero-order valence-electron chi connectivity index (χ0n) is 15.3. The van der Waals surface area contributed by atoms with E-state index in [0.717, 1.165) is 0 Å². The number of Topliss-reactive ketones (excluding diaryl/α,β-unsaturated/α-hetero) is 2. The Kier molecular flexibility index (Phi) is 4.64. The van der Waals surface area contributed by atoms with Gasteiger partial charge in [-0.05, 0) is 12.5 Å². The average Bonchev–Trinajstić information content (AvgIpc) is 2.86. The highest BCUT2D eigenvalue weighted by molar-refractivity contribution is 7.86. The zero-order valence-corrected chi connectivity index (χ0v) is 15.2. The van der Waals surface area contributed by atoms with Crippen molar-refractivity contribution in [2.75, 3.05) is 0 Å². The maximum absolute atomic E-state index is 12.7. The average molecular weight is 388 g/mol. The summed E-state index contributed by atoms with van der Waals surface area (Å²) in [7, 11) is -4.20. The molecule has 1 atom stereocenters. The van der Waals surface area contributed by atoms with Gasteiger partial charge in [0, 0.05) is 11.1 Å². The molecule has 0 spiro atoms. The summed E-state index contributed by atoms with van der Waals surface area (Å²) in [6.45, 7) is 1.38. The molecule has 1 aliphatic heterocycles. The number of nitrogens with two attached hydrogens (primary N) is 1. The number of hydrogen-bond donors (Lipinski definition) is 1. The summed E-state index contributed by atoms with van der Waals surface area (Å²) in [5, 5.41) is 0. The first-order valence-corrected chi connectivity index (χ1v) is 9.51. The Balaban J connectivity index is 1.83. The summed E-state index contributed by atoms with van der Waals surface area (Å²) in [4.78, 5) is 24.1. The molecule has 0 fully saturated rings. The van der Waals surface area contributed by atoms with Gasteiger partial charge >= 0.3 is 10.1 Å². The number of carbonyl (C=O) groups is 2. The minimum absolute atomic E-state index is 0.0875. The molecule has 140 valence electrons. The van der Waals surface area contributed by atoms with Crippen LogP contribution < -0.4 is 5.73 Å². The molecule has 7 nitrogen and oxygen atoms in total. The number of benzene rings is 2. The molecule has 0 radical (unpaired) electrons. The second-order valence-corrected chi connectivity index (χ2v) is 7.43. The van der Waals surface area contributed by atoms with Gasteiger partial charge in [-0.3, -0.25) is 9.59 Å². The first-order valence-electron chi connectivity index (χ1n) is 8.43. The summed E-state index contributed by atoms with van der Waals surface area (Å²) >= 11 is 0. The van der Waals surface area contributed by atoms with Gasteiger partial charge in [-0.1, -0.05) is 54.6 Å². The van der Waals surface area contributed by atoms with Gasteiger partial charge in [0.05, 0.1) is 1.37 Å². The van der Waals surface area contributed by atoms with E-state index in [1.165, 1.54) is 31.2 Å². The Morgan fingerprint density at radius 2 is 1.81 bits per heavy atom. The lowest BCUT2D eigenvalue weighted by molar-refractivity contribution is -0.123. The molecule has 0 amide bonds. The summed E-state index contributed by atoms with van der Waals surface area (Å²) in [6.07, 6.45) is -2.29. The lowest BCUT2D eigenvalue weighted by Crippen LogP contribution is -2.16. The van der Waals surface area contributed by atoms with Crippen LogP contribution in [0, 0.1) is 0 Å². The highest BCUT2D eigenvalue weighted by atomic mass is 32.2. The molecule has 0 saturated carbocycles. The van der Waals surface area contributed by atoms with Crippen molar-refractivity contribution in [1.82, 2.24) is 0 Å². The molecular formula is C19H17NO6S. The van der Waals surface area contributed by atoms with Gasteiger partial charge in [-0.15, -0.1) is 0 Å². The van der Waals surface area contributed by atoms with E-state index in [1.807, 2.05) is 0 Å². The summed E-state index contributed by atoms with van der Waals surface area (Å²) in [6, 6.07) is 13.9. The fourth-order valence-corrected chi connectivity index (χ4v) is 3.55. The lowest BCUT2D eigenvalue weighted by atomic mass is 10.0. The predicted octanol–water partition coefficient (Wildman–Crippen LogP) is 2.20. The van der Waals surface area contributed by atoms with E-state index in [0.29, 0.717) is 11.1 Å². The molecular weight excluding hydrogens is 370 g/mol. The largest absolute Gasteiger partial charge is 0.460 e. The SMILES string of the molecule is [2H][C@]1(c2ccc(C(C)=O)cc2)OC(N)=C(OS(=O)(=O)Cc2ccccc2)C1=O. The third-order valence-electron chi connectivity index (χ3n) is 3.80. The third kappa shape index (κ3) is 4.17. The van der Waals surface area contributed by atoms with Crippen molar-refractivity contribution in [1.29, 1.82) is 0 Å². The van der Waals surface area contributed by atoms with E-state index in [4.69, 9.17) is 16.0 Å². The van der Waals surface area contributed by atoms with Crippen LogP contribution in [-0.4, -0.2) is 20.0 Å². The van der Waals surface area contributed by atoms with E-state index in [9.17, 15) is 18.0 Å². The van der Waals surface area contributed by atoms with Crippen molar-refractivity contribution in [3.63, 3.8) is 0 Å². The molecule has 27 heavy (non-hydrogen) atoms. The van der Waals surface area contributed by atoms with Crippen LogP contribution in [0.5, 0.6) is 0 Å². The summed E-state index contributed by atoms with van der Waals surface area (Å²) in [5.41, 5.74) is 6.57. The van der Waals surface area contributed by atoms with Gasteiger partial charge in [0.2, 0.25) is 17.4 Å². The predicted molar refractivity (Wildman–Crippen MR) is 96.6 cm³/mol. The van der Waals surface area contributed by atoms with Gasteiger partial charge < -0.3 is 14.7 Å². The molecule has 0 aliphatic carbocycles. The van der Waals surface area contributed by atoms with Gasteiger partial charge in [0.15, 0.2) is 11.9 Å². The van der Waals surface area contributed by atoms with Gasteiger partial charge in [-0.25, -0.2) is 0 Å². The van der Waals surface area contributed by atoms with Gasteiger partial charge in [0.1, 0.15) is 5.75 Å². The van der Waals surface area contributed by atoms with Crippen molar-refractivity contribution in [2.24, 2.45) is 5.73 Å². The van der Waals surface area contributed by atoms with E-state index in [2.05, 4.69) is 0 Å². The maximum Gasteiger partial charge on any atom is 0.313 e. The van der Waals surface area contributed by atoms with Crippen LogP contribution >= 0.6 is 0 Å². The van der Waals surface area contributed by atoms with Gasteiger partial charge in [-0.2, -0.15) is 8.42 Å². The van der Waals surface area contributed by atoms with E-state index in [1.54, 1.807) is 30.3 Å². The van der Waals surface area contributed by atoms with E-state index >= 15 is 0 Å². The van der Waals surface area contributed by atoms with Crippen LogP contribution in [-0.2, 0) is 29.6 Å². The molecule has 0 aromatic heterocycles. The second-order valence-electron chi connectivity index (χ2n) is 5.86. The minimum Gasteiger partial charge on any atom is -0.460 e. The Labute approximate surface area is 157 Å². The van der Waals surface area contributed by atoms with Crippen LogP contribution in [0.15, 0.2) is 66.2 Å². The third-order valence-corrected chi connectivity index (χ3v) is 4.91. The molecule has 1 heterocycles. The molecule has 0 saturated heterocycles. The molecule has 3 rings (SSSR count). The van der Waals surface area contributed by atoms with Crippen LogP contribution in [0.4, 0.5) is 0 Å². The molecule has 0 unspecified atom stereocenters. The number of rotatable bonds is 6. The van der Waals surface area contributed by atoms with Crippen molar-refractivity contribution in [3.05, 3.63) is 82.9 Å². The van der Waals surface area contributed by atoms with Crippen LogP contribution in [0.2, 0.25) is 0 Å². The summed E-state index contributed by atoms with van der Waals surface area (Å²) in [5.74, 6) is -3.03. The smallest absolute Gasteiger partial charge is 0.313 e. The topological polar surface area (TPSA) is 113 Å². The molecule has 1 aliphatic rings. The second kappa shape index (κ2) is 7.24. The van der Waals surface area contributed by atoms with E-state index < -0.39 is 39.4 Å². The first-order chi connectivity index (χ1) is 13.1. The van der Waals surface area contributed by atoms with Crippen molar-refractivity contribution >= 4 is 21.7 Å². The maximum atomic E-state index is 12.7. The molecule has 2 N–H and O–H groups in total. The molecule has 2 aromatic carbocycles. The summed E-state index contributed by atoms with van der Waals surface area (Å²) < 4.78 is 43.0. The number of ketones is 2. The Morgan fingerprint density at radius 3 is 2.41 bits per heavy atom. The molecule has 2 aromatic rings. The van der Waals surface area contributed by atoms with Gasteiger partial charge in [0.25, 0.3) is 0 Å². The Bertz CT molecular complexity index is 1060. The van der Waals surface area contributed by atoms with Crippen LogP contribution in [0.1, 0.15) is 35.9 Å². The van der Waals surface area contributed by atoms with Crippen LogP contribution in [0.3, 0.4) is 0 Å². The normalized spacial score (nSPS) is 20.2.